The van der Waals surface area contributed by atoms with Crippen LogP contribution >= 0.6 is 0 Å². The zero-order valence-electron chi connectivity index (χ0n) is 11.3. The van der Waals surface area contributed by atoms with Crippen molar-refractivity contribution < 1.29 is 9.21 Å². The smallest absolute Gasteiger partial charge is 0.244 e. The highest BCUT2D eigenvalue weighted by atomic mass is 16.3. The van der Waals surface area contributed by atoms with Crippen molar-refractivity contribution in [3.05, 3.63) is 84.4 Å². The number of carbonyl (C=O) groups excluding carboxylic acids is 1. The van der Waals surface area contributed by atoms with E-state index in [0.717, 1.165) is 5.56 Å². The van der Waals surface area contributed by atoms with Crippen LogP contribution < -0.4 is 5.32 Å². The summed E-state index contributed by atoms with van der Waals surface area (Å²) in [7, 11) is 0. The molecule has 0 bridgehead atoms. The maximum atomic E-state index is 11.9. The number of allylic oxidation sites excluding steroid dienone is 3. The molecule has 2 aromatic rings. The lowest BCUT2D eigenvalue weighted by Gasteiger charge is -2.16. The van der Waals surface area contributed by atoms with Crippen molar-refractivity contribution in [1.29, 1.82) is 0 Å². The molecule has 1 aromatic heterocycles. The Kier molecular flexibility index (Phi) is 4.95. The first kappa shape index (κ1) is 13.9. The Morgan fingerprint density at radius 2 is 1.95 bits per heavy atom. The Morgan fingerprint density at radius 1 is 1.15 bits per heavy atom. The zero-order valence-corrected chi connectivity index (χ0v) is 11.3. The molecule has 1 unspecified atom stereocenters. The molecule has 0 fully saturated rings. The number of rotatable bonds is 5. The van der Waals surface area contributed by atoms with Crippen LogP contribution in [0.2, 0.25) is 0 Å². The fraction of sp³-hybridized carbons (Fsp3) is 0.118. The minimum atomic E-state index is -0.283. The molecule has 1 aromatic carbocycles. The lowest BCUT2D eigenvalue weighted by atomic mass is 10.0. The van der Waals surface area contributed by atoms with Crippen molar-refractivity contribution in [1.82, 2.24) is 5.32 Å². The van der Waals surface area contributed by atoms with Crippen LogP contribution in [-0.2, 0) is 4.79 Å². The van der Waals surface area contributed by atoms with Gasteiger partial charge in [-0.25, -0.2) is 0 Å². The van der Waals surface area contributed by atoms with Gasteiger partial charge < -0.3 is 9.73 Å². The summed E-state index contributed by atoms with van der Waals surface area (Å²) in [6.07, 6.45) is 8.49. The van der Waals surface area contributed by atoms with E-state index >= 15 is 0 Å². The summed E-state index contributed by atoms with van der Waals surface area (Å²) >= 11 is 0. The van der Waals surface area contributed by atoms with Crippen molar-refractivity contribution in [2.24, 2.45) is 0 Å². The maximum Gasteiger partial charge on any atom is 0.244 e. The molecule has 0 saturated carbocycles. The molecule has 0 spiro atoms. The largest absolute Gasteiger partial charge is 0.467 e. The summed E-state index contributed by atoms with van der Waals surface area (Å²) in [6, 6.07) is 13.1. The topological polar surface area (TPSA) is 42.2 Å². The first-order chi connectivity index (χ1) is 9.81. The fourth-order valence-electron chi connectivity index (χ4n) is 1.86. The highest BCUT2D eigenvalue weighted by Crippen LogP contribution is 2.22. The molecule has 20 heavy (non-hydrogen) atoms. The number of furan rings is 1. The number of amides is 1. The van der Waals surface area contributed by atoms with Crippen LogP contribution in [-0.4, -0.2) is 5.91 Å². The van der Waals surface area contributed by atoms with Gasteiger partial charge in [0.2, 0.25) is 5.91 Å². The van der Waals surface area contributed by atoms with E-state index in [1.54, 1.807) is 12.3 Å². The molecule has 0 radical (unpaired) electrons. The average molecular weight is 267 g/mol. The molecule has 102 valence electrons. The van der Waals surface area contributed by atoms with Crippen molar-refractivity contribution in [2.75, 3.05) is 0 Å². The highest BCUT2D eigenvalue weighted by molar-refractivity contribution is 5.88. The maximum absolute atomic E-state index is 11.9. The van der Waals surface area contributed by atoms with Gasteiger partial charge in [-0.15, -0.1) is 0 Å². The third-order valence-corrected chi connectivity index (χ3v) is 2.80. The van der Waals surface area contributed by atoms with Crippen molar-refractivity contribution >= 4 is 5.91 Å². The first-order valence-electron chi connectivity index (χ1n) is 6.49. The van der Waals surface area contributed by atoms with Crippen LogP contribution in [0.5, 0.6) is 0 Å². The molecule has 0 aliphatic heterocycles. The number of hydrogen-bond donors (Lipinski definition) is 1. The third-order valence-electron chi connectivity index (χ3n) is 2.80. The van der Waals surface area contributed by atoms with Crippen LogP contribution in [0.4, 0.5) is 0 Å². The molecule has 0 aliphatic carbocycles. The molecule has 3 nitrogen and oxygen atoms in total. The summed E-state index contributed by atoms with van der Waals surface area (Å²) in [6.45, 7) is 1.90. The number of hydrogen-bond acceptors (Lipinski definition) is 2. The predicted octanol–water partition coefficient (Wildman–Crippen LogP) is 3.62. The molecule has 0 saturated heterocycles. The standard InChI is InChI=1S/C17H17NO2/c1-2-3-5-12-16(19)18-17(15-11-8-13-20-15)14-9-6-4-7-10-14/h2-13,17H,1H3,(H,18,19)/b3-2+,12-5+. The van der Waals surface area contributed by atoms with Gasteiger partial charge >= 0.3 is 0 Å². The second kappa shape index (κ2) is 7.14. The Morgan fingerprint density at radius 3 is 2.60 bits per heavy atom. The van der Waals surface area contributed by atoms with Crippen LogP contribution in [0.1, 0.15) is 24.3 Å². The minimum Gasteiger partial charge on any atom is -0.467 e. The highest BCUT2D eigenvalue weighted by Gasteiger charge is 2.17. The quantitative estimate of drug-likeness (QED) is 0.664. The SMILES string of the molecule is C/C=C/C=C/C(=O)NC(c1ccccc1)c1ccco1. The minimum absolute atomic E-state index is 0.159. The van der Waals surface area contributed by atoms with E-state index in [1.807, 2.05) is 61.5 Å². The van der Waals surface area contributed by atoms with Gasteiger partial charge in [0.05, 0.1) is 6.26 Å². The monoisotopic (exact) mass is 267 g/mol. The van der Waals surface area contributed by atoms with E-state index in [-0.39, 0.29) is 11.9 Å². The van der Waals surface area contributed by atoms with Crippen LogP contribution in [0.3, 0.4) is 0 Å². The van der Waals surface area contributed by atoms with E-state index < -0.39 is 0 Å². The molecule has 2 rings (SSSR count). The van der Waals surface area contributed by atoms with E-state index in [2.05, 4.69) is 5.32 Å². The lowest BCUT2D eigenvalue weighted by Crippen LogP contribution is -2.27. The average Bonchev–Trinajstić information content (AvgIpc) is 3.00. The van der Waals surface area contributed by atoms with Crippen molar-refractivity contribution in [3.8, 4) is 0 Å². The van der Waals surface area contributed by atoms with Gasteiger partial charge in [0.25, 0.3) is 0 Å². The summed E-state index contributed by atoms with van der Waals surface area (Å²) in [4.78, 5) is 11.9. The Bertz CT molecular complexity index is 583. The Labute approximate surface area is 118 Å². The number of carbonyl (C=O) groups is 1. The van der Waals surface area contributed by atoms with Crippen LogP contribution in [0.25, 0.3) is 0 Å². The van der Waals surface area contributed by atoms with Gasteiger partial charge in [-0.3, -0.25) is 4.79 Å². The Balaban J connectivity index is 2.18. The predicted molar refractivity (Wildman–Crippen MR) is 79.1 cm³/mol. The normalized spacial score (nSPS) is 12.8. The molecule has 0 aliphatic rings. The van der Waals surface area contributed by atoms with Gasteiger partial charge in [-0.1, -0.05) is 48.6 Å². The third kappa shape index (κ3) is 3.72. The van der Waals surface area contributed by atoms with Crippen LogP contribution in [0, 0.1) is 0 Å². The van der Waals surface area contributed by atoms with Gasteiger partial charge in [0.15, 0.2) is 0 Å². The van der Waals surface area contributed by atoms with Gasteiger partial charge in [0, 0.05) is 6.08 Å². The van der Waals surface area contributed by atoms with Gasteiger partial charge in [-0.05, 0) is 24.6 Å². The van der Waals surface area contributed by atoms with Crippen molar-refractivity contribution in [2.45, 2.75) is 13.0 Å². The Hall–Kier alpha value is -2.55. The molecule has 1 atom stereocenters. The van der Waals surface area contributed by atoms with Crippen LogP contribution in [0.15, 0.2) is 77.4 Å². The second-order valence-corrected chi connectivity index (χ2v) is 4.25. The van der Waals surface area contributed by atoms with Gasteiger partial charge in [-0.2, -0.15) is 0 Å². The second-order valence-electron chi connectivity index (χ2n) is 4.25. The summed E-state index contributed by atoms with van der Waals surface area (Å²) in [5.41, 5.74) is 0.982. The first-order valence-corrected chi connectivity index (χ1v) is 6.49. The van der Waals surface area contributed by atoms with E-state index in [0.29, 0.717) is 5.76 Å². The lowest BCUT2D eigenvalue weighted by molar-refractivity contribution is -0.117. The molecule has 1 heterocycles. The van der Waals surface area contributed by atoms with Gasteiger partial charge in [0.1, 0.15) is 11.8 Å². The van der Waals surface area contributed by atoms with E-state index in [9.17, 15) is 4.79 Å². The summed E-state index contributed by atoms with van der Waals surface area (Å²) in [5.74, 6) is 0.553. The zero-order chi connectivity index (χ0) is 14.2. The molecule has 1 N–H and O–H groups in total. The molecular formula is C17H17NO2. The summed E-state index contributed by atoms with van der Waals surface area (Å²) in [5, 5.41) is 2.94. The number of nitrogens with one attached hydrogen (secondary N) is 1. The van der Waals surface area contributed by atoms with Crippen molar-refractivity contribution in [3.63, 3.8) is 0 Å². The summed E-state index contributed by atoms with van der Waals surface area (Å²) < 4.78 is 5.42. The van der Waals surface area contributed by atoms with E-state index in [4.69, 9.17) is 4.42 Å². The fourth-order valence-corrected chi connectivity index (χ4v) is 1.86. The molecular weight excluding hydrogens is 250 g/mol. The van der Waals surface area contributed by atoms with E-state index in [1.165, 1.54) is 6.08 Å². The molecule has 1 amide bonds. The number of benzene rings is 1. The molecule has 3 heteroatoms.